The van der Waals surface area contributed by atoms with Crippen LogP contribution in [0.5, 0.6) is 0 Å². The number of nitrogens with zero attached hydrogens (tertiary/aromatic N) is 3. The average Bonchev–Trinajstić information content (AvgIpc) is 3.31. The van der Waals surface area contributed by atoms with E-state index in [0.717, 1.165) is 56.6 Å². The van der Waals surface area contributed by atoms with Gasteiger partial charge < -0.3 is 10.2 Å². The minimum atomic E-state index is 0.143. The second-order valence-corrected chi connectivity index (χ2v) is 7.13. The molecule has 0 unspecified atom stereocenters. The Labute approximate surface area is 138 Å². The van der Waals surface area contributed by atoms with Crippen LogP contribution in [0.15, 0.2) is 18.3 Å². The van der Waals surface area contributed by atoms with Crippen LogP contribution in [0.4, 0.5) is 11.5 Å². The second kappa shape index (κ2) is 6.48. The Morgan fingerprint density at radius 2 is 1.78 bits per heavy atom. The molecular formula is C18H26N4O. The molecule has 3 aliphatic rings. The quantitative estimate of drug-likeness (QED) is 0.927. The molecule has 5 nitrogen and oxygen atoms in total. The highest BCUT2D eigenvalue weighted by molar-refractivity contribution is 5.93. The SMILES string of the molecule is O=C(Nc1ccc(N2CCN(C3CCCC3)CC2)nc1)C1CC1. The lowest BCUT2D eigenvalue weighted by molar-refractivity contribution is -0.117. The first-order valence-corrected chi connectivity index (χ1v) is 9.05. The molecule has 0 radical (unpaired) electrons. The van der Waals surface area contributed by atoms with Crippen molar-refractivity contribution in [1.82, 2.24) is 9.88 Å². The molecule has 0 bridgehead atoms. The van der Waals surface area contributed by atoms with Gasteiger partial charge in [-0.25, -0.2) is 4.98 Å². The van der Waals surface area contributed by atoms with Gasteiger partial charge in [0.25, 0.3) is 0 Å². The molecule has 5 heteroatoms. The van der Waals surface area contributed by atoms with Crippen molar-refractivity contribution in [3.8, 4) is 0 Å². The molecule has 0 aromatic carbocycles. The Morgan fingerprint density at radius 3 is 2.39 bits per heavy atom. The number of amides is 1. The molecule has 23 heavy (non-hydrogen) atoms. The lowest BCUT2D eigenvalue weighted by atomic mass is 10.2. The van der Waals surface area contributed by atoms with E-state index in [9.17, 15) is 4.79 Å². The van der Waals surface area contributed by atoms with Gasteiger partial charge in [0.1, 0.15) is 5.82 Å². The molecule has 1 aliphatic heterocycles. The fraction of sp³-hybridized carbons (Fsp3) is 0.667. The normalized spacial score (nSPS) is 23.2. The van der Waals surface area contributed by atoms with Gasteiger partial charge in [-0.15, -0.1) is 0 Å². The summed E-state index contributed by atoms with van der Waals surface area (Å²) in [5, 5.41) is 2.95. The van der Waals surface area contributed by atoms with Crippen LogP contribution >= 0.6 is 0 Å². The van der Waals surface area contributed by atoms with Crippen molar-refractivity contribution >= 4 is 17.4 Å². The van der Waals surface area contributed by atoms with E-state index >= 15 is 0 Å². The highest BCUT2D eigenvalue weighted by atomic mass is 16.2. The molecule has 1 aromatic heterocycles. The Balaban J connectivity index is 1.31. The fourth-order valence-electron chi connectivity index (χ4n) is 3.82. The van der Waals surface area contributed by atoms with Gasteiger partial charge in [0, 0.05) is 38.1 Å². The third kappa shape index (κ3) is 3.50. The van der Waals surface area contributed by atoms with E-state index in [0.29, 0.717) is 0 Å². The Hall–Kier alpha value is -1.62. The predicted octanol–water partition coefficient (Wildman–Crippen LogP) is 2.49. The minimum absolute atomic E-state index is 0.143. The van der Waals surface area contributed by atoms with E-state index in [1.54, 1.807) is 6.20 Å². The van der Waals surface area contributed by atoms with Crippen LogP contribution in [-0.2, 0) is 4.79 Å². The summed E-state index contributed by atoms with van der Waals surface area (Å²) in [7, 11) is 0. The highest BCUT2D eigenvalue weighted by Crippen LogP contribution is 2.30. The lowest BCUT2D eigenvalue weighted by Gasteiger charge is -2.38. The summed E-state index contributed by atoms with van der Waals surface area (Å²) in [6.45, 7) is 4.40. The topological polar surface area (TPSA) is 48.5 Å². The maximum atomic E-state index is 11.8. The van der Waals surface area contributed by atoms with Crippen LogP contribution < -0.4 is 10.2 Å². The lowest BCUT2D eigenvalue weighted by Crippen LogP contribution is -2.49. The zero-order valence-electron chi connectivity index (χ0n) is 13.7. The molecular weight excluding hydrogens is 288 g/mol. The largest absolute Gasteiger partial charge is 0.354 e. The van der Waals surface area contributed by atoms with Crippen LogP contribution in [0.1, 0.15) is 38.5 Å². The molecule has 0 spiro atoms. The molecule has 2 aliphatic carbocycles. The number of aromatic nitrogens is 1. The third-order valence-corrected chi connectivity index (χ3v) is 5.44. The molecule has 124 valence electrons. The monoisotopic (exact) mass is 314 g/mol. The predicted molar refractivity (Wildman–Crippen MR) is 91.6 cm³/mol. The van der Waals surface area contributed by atoms with Crippen LogP contribution in [-0.4, -0.2) is 48.0 Å². The van der Waals surface area contributed by atoms with Gasteiger partial charge in [-0.1, -0.05) is 12.8 Å². The van der Waals surface area contributed by atoms with Gasteiger partial charge in [0.2, 0.25) is 5.91 Å². The minimum Gasteiger partial charge on any atom is -0.354 e. The number of carbonyl (C=O) groups excluding carboxylic acids is 1. The zero-order chi connectivity index (χ0) is 15.6. The summed E-state index contributed by atoms with van der Waals surface area (Å²) in [5.41, 5.74) is 0.815. The fourth-order valence-corrected chi connectivity index (χ4v) is 3.82. The van der Waals surface area contributed by atoms with Crippen molar-refractivity contribution in [2.24, 2.45) is 5.92 Å². The van der Waals surface area contributed by atoms with Crippen molar-refractivity contribution < 1.29 is 4.79 Å². The van der Waals surface area contributed by atoms with Crippen LogP contribution in [0, 0.1) is 5.92 Å². The van der Waals surface area contributed by atoms with Crippen molar-refractivity contribution in [2.75, 3.05) is 36.4 Å². The first-order chi connectivity index (χ1) is 11.3. The molecule has 2 heterocycles. The first kappa shape index (κ1) is 14.9. The standard InChI is InChI=1S/C18H26N4O/c23-18(14-5-6-14)20-15-7-8-17(19-13-15)22-11-9-21(10-12-22)16-3-1-2-4-16/h7-8,13-14,16H,1-6,9-12H2,(H,20,23). The summed E-state index contributed by atoms with van der Waals surface area (Å²) in [4.78, 5) is 21.3. The van der Waals surface area contributed by atoms with Crippen molar-refractivity contribution in [1.29, 1.82) is 0 Å². The van der Waals surface area contributed by atoms with Crippen LogP contribution in [0.2, 0.25) is 0 Å². The number of hydrogen-bond donors (Lipinski definition) is 1. The van der Waals surface area contributed by atoms with Crippen molar-refractivity contribution in [3.63, 3.8) is 0 Å². The number of anilines is 2. The van der Waals surface area contributed by atoms with Gasteiger partial charge in [-0.05, 0) is 37.8 Å². The number of pyridine rings is 1. The molecule has 3 fully saturated rings. The summed E-state index contributed by atoms with van der Waals surface area (Å²) < 4.78 is 0. The highest BCUT2D eigenvalue weighted by Gasteiger charge is 2.30. The Bertz CT molecular complexity index is 541. The van der Waals surface area contributed by atoms with Crippen molar-refractivity contribution in [3.05, 3.63) is 18.3 Å². The Morgan fingerprint density at radius 1 is 1.04 bits per heavy atom. The van der Waals surface area contributed by atoms with Crippen LogP contribution in [0.25, 0.3) is 0 Å². The number of carbonyl (C=O) groups is 1. The van der Waals surface area contributed by atoms with E-state index in [2.05, 4.69) is 20.1 Å². The van der Waals surface area contributed by atoms with Gasteiger partial charge in [0.15, 0.2) is 0 Å². The van der Waals surface area contributed by atoms with Crippen molar-refractivity contribution in [2.45, 2.75) is 44.6 Å². The van der Waals surface area contributed by atoms with Gasteiger partial charge in [-0.2, -0.15) is 0 Å². The average molecular weight is 314 g/mol. The molecule has 1 saturated heterocycles. The van der Waals surface area contributed by atoms with E-state index in [4.69, 9.17) is 0 Å². The summed E-state index contributed by atoms with van der Waals surface area (Å²) >= 11 is 0. The van der Waals surface area contributed by atoms with E-state index in [1.165, 1.54) is 25.7 Å². The molecule has 1 N–H and O–H groups in total. The number of rotatable bonds is 4. The van der Waals surface area contributed by atoms with E-state index in [1.807, 2.05) is 12.1 Å². The Kier molecular flexibility index (Phi) is 4.21. The molecule has 0 atom stereocenters. The number of nitrogens with one attached hydrogen (secondary N) is 1. The summed E-state index contributed by atoms with van der Waals surface area (Å²) in [6, 6.07) is 4.84. The van der Waals surface area contributed by atoms with Crippen LogP contribution in [0.3, 0.4) is 0 Å². The van der Waals surface area contributed by atoms with E-state index in [-0.39, 0.29) is 11.8 Å². The molecule has 4 rings (SSSR count). The van der Waals surface area contributed by atoms with Gasteiger partial charge in [-0.3, -0.25) is 9.69 Å². The molecule has 2 saturated carbocycles. The molecule has 1 amide bonds. The zero-order valence-corrected chi connectivity index (χ0v) is 13.7. The maximum Gasteiger partial charge on any atom is 0.227 e. The summed E-state index contributed by atoms with van der Waals surface area (Å²) in [6.07, 6.45) is 9.42. The molecule has 1 aromatic rings. The van der Waals surface area contributed by atoms with Gasteiger partial charge >= 0.3 is 0 Å². The smallest absolute Gasteiger partial charge is 0.227 e. The first-order valence-electron chi connectivity index (χ1n) is 9.05. The number of piperazine rings is 1. The van der Waals surface area contributed by atoms with Gasteiger partial charge in [0.05, 0.1) is 11.9 Å². The summed E-state index contributed by atoms with van der Waals surface area (Å²) in [5.74, 6) is 1.41. The third-order valence-electron chi connectivity index (χ3n) is 5.44. The second-order valence-electron chi connectivity index (χ2n) is 7.13. The maximum absolute atomic E-state index is 11.8. The van der Waals surface area contributed by atoms with E-state index < -0.39 is 0 Å². The number of hydrogen-bond acceptors (Lipinski definition) is 4.